The minimum atomic E-state index is -4.35. The van der Waals surface area contributed by atoms with E-state index in [-0.39, 0.29) is 19.1 Å². The predicted octanol–water partition coefficient (Wildman–Crippen LogP) is 26.0. The summed E-state index contributed by atoms with van der Waals surface area (Å²) >= 11 is 0. The molecule has 0 saturated carbocycles. The monoisotopic (exact) mass is 1260 g/mol. The van der Waals surface area contributed by atoms with E-state index >= 15 is 0 Å². The Balaban J connectivity index is 3.90. The lowest BCUT2D eigenvalue weighted by Crippen LogP contribution is -2.45. The predicted molar refractivity (Wildman–Crippen MR) is 388 cm³/mol. The number of aliphatic hydroxyl groups is 1. The molecule has 0 fully saturated rings. The zero-order chi connectivity index (χ0) is 64.1. The van der Waals surface area contributed by atoms with Gasteiger partial charge in [-0.05, 0) is 19.3 Å². The van der Waals surface area contributed by atoms with E-state index < -0.39 is 20.0 Å². The van der Waals surface area contributed by atoms with Crippen LogP contribution in [0.3, 0.4) is 0 Å². The molecule has 1 amide bonds. The second-order valence-electron chi connectivity index (χ2n) is 29.2. The first-order valence-corrected chi connectivity index (χ1v) is 41.6. The first-order chi connectivity index (χ1) is 43.0. The van der Waals surface area contributed by atoms with Gasteiger partial charge in [-0.25, -0.2) is 4.57 Å². The fraction of sp³-hybridized carbons (Fsp3) is 0.962. The fourth-order valence-electron chi connectivity index (χ4n) is 12.8. The molecule has 0 aliphatic carbocycles. The molecule has 0 rings (SSSR count). The Kier molecular flexibility index (Phi) is 69.9. The number of aliphatic hydroxyl groups excluding tert-OH is 1. The van der Waals surface area contributed by atoms with Gasteiger partial charge in [0.05, 0.1) is 39.9 Å². The molecular formula is C79H160N2O6P+. The van der Waals surface area contributed by atoms with Crippen molar-refractivity contribution in [3.8, 4) is 0 Å². The van der Waals surface area contributed by atoms with E-state index in [0.29, 0.717) is 17.4 Å². The van der Waals surface area contributed by atoms with Gasteiger partial charge in [-0.1, -0.05) is 424 Å². The van der Waals surface area contributed by atoms with Crippen molar-refractivity contribution in [3.05, 3.63) is 12.2 Å². The van der Waals surface area contributed by atoms with Crippen LogP contribution in [-0.4, -0.2) is 73.4 Å². The van der Waals surface area contributed by atoms with Crippen LogP contribution < -0.4 is 5.32 Å². The highest BCUT2D eigenvalue weighted by atomic mass is 31.2. The third kappa shape index (κ3) is 72.7. The summed E-state index contributed by atoms with van der Waals surface area (Å²) in [4.78, 5) is 23.5. The Morgan fingerprint density at radius 1 is 0.375 bits per heavy atom. The van der Waals surface area contributed by atoms with Crippen LogP contribution >= 0.6 is 7.82 Å². The Bertz CT molecular complexity index is 1440. The van der Waals surface area contributed by atoms with E-state index in [1.54, 1.807) is 6.08 Å². The van der Waals surface area contributed by atoms with Crippen molar-refractivity contribution in [2.45, 2.75) is 450 Å². The average Bonchev–Trinajstić information content (AvgIpc) is 3.58. The molecule has 3 atom stereocenters. The highest BCUT2D eigenvalue weighted by Crippen LogP contribution is 2.43. The number of hydrogen-bond acceptors (Lipinski definition) is 5. The molecule has 0 aliphatic heterocycles. The average molecular weight is 1270 g/mol. The summed E-state index contributed by atoms with van der Waals surface area (Å²) < 4.78 is 23.9. The molecule has 0 saturated heterocycles. The van der Waals surface area contributed by atoms with E-state index in [0.717, 1.165) is 32.1 Å². The zero-order valence-corrected chi connectivity index (χ0v) is 61.4. The standard InChI is InChI=1S/C79H159N2O6P/c1-6-8-10-12-14-16-18-20-22-24-26-28-30-32-34-35-36-37-38-39-40-41-42-43-44-45-47-49-51-53-55-57-59-61-63-65-67-69-71-73-79(83)80-77(76-87-88(84,85)86-75-74-81(3,4)5)78(82)72-70-68-66-64-62-60-58-56-54-52-50-48-46-33-31-29-27-25-23-21-19-17-15-13-11-9-7-2/h70,72,77-78,82H,6-69,71,73-76H2,1-5H3,(H-,80,83,84,85)/p+1/b72-70+. The fourth-order valence-corrected chi connectivity index (χ4v) is 13.6. The van der Waals surface area contributed by atoms with Gasteiger partial charge in [0, 0.05) is 6.42 Å². The van der Waals surface area contributed by atoms with E-state index in [1.807, 2.05) is 27.2 Å². The number of unbranched alkanes of at least 4 members (excludes halogenated alkanes) is 63. The number of likely N-dealkylation sites (N-methyl/N-ethyl adjacent to an activating group) is 1. The molecule has 0 spiro atoms. The van der Waals surface area contributed by atoms with E-state index in [9.17, 15) is 19.4 Å². The molecule has 3 N–H and O–H groups in total. The summed E-state index contributed by atoms with van der Waals surface area (Å²) in [7, 11) is 1.60. The van der Waals surface area contributed by atoms with Crippen molar-refractivity contribution in [1.82, 2.24) is 5.32 Å². The lowest BCUT2D eigenvalue weighted by molar-refractivity contribution is -0.870. The maximum atomic E-state index is 13.1. The summed E-state index contributed by atoms with van der Waals surface area (Å²) in [6, 6.07) is -0.844. The van der Waals surface area contributed by atoms with Crippen molar-refractivity contribution < 1.29 is 32.9 Å². The summed E-state index contributed by atoms with van der Waals surface area (Å²) in [5, 5.41) is 14.1. The van der Waals surface area contributed by atoms with Crippen LogP contribution in [0, 0.1) is 0 Å². The number of phosphoric ester groups is 1. The van der Waals surface area contributed by atoms with Gasteiger partial charge in [0.15, 0.2) is 0 Å². The second kappa shape index (κ2) is 70.6. The number of rotatable bonds is 76. The third-order valence-corrected chi connectivity index (χ3v) is 20.0. The lowest BCUT2D eigenvalue weighted by atomic mass is 10.0. The van der Waals surface area contributed by atoms with Crippen molar-refractivity contribution in [3.63, 3.8) is 0 Å². The normalized spacial score (nSPS) is 13.5. The van der Waals surface area contributed by atoms with E-state index in [4.69, 9.17) is 9.05 Å². The van der Waals surface area contributed by atoms with Crippen LogP contribution in [0.2, 0.25) is 0 Å². The number of phosphoric acid groups is 1. The Labute approximate surface area is 552 Å². The molecule has 88 heavy (non-hydrogen) atoms. The number of nitrogens with zero attached hydrogens (tertiary/aromatic N) is 1. The first kappa shape index (κ1) is 87.2. The number of carbonyl (C=O) groups excluding carboxylic acids is 1. The van der Waals surface area contributed by atoms with Crippen LogP contribution in [0.25, 0.3) is 0 Å². The molecule has 0 aromatic rings. The molecule has 0 aromatic carbocycles. The molecule has 3 unspecified atom stereocenters. The summed E-state index contributed by atoms with van der Waals surface area (Å²) in [5.74, 6) is -0.165. The molecule has 0 radical (unpaired) electrons. The van der Waals surface area contributed by atoms with Crippen LogP contribution in [0.4, 0.5) is 0 Å². The number of hydrogen-bond donors (Lipinski definition) is 3. The Morgan fingerprint density at radius 2 is 0.602 bits per heavy atom. The number of amides is 1. The van der Waals surface area contributed by atoms with Gasteiger partial charge in [0.2, 0.25) is 5.91 Å². The molecule has 0 bridgehead atoms. The highest BCUT2D eigenvalue weighted by molar-refractivity contribution is 7.47. The summed E-state index contributed by atoms with van der Waals surface area (Å²) in [6.07, 6.45) is 92.7. The molecule has 526 valence electrons. The SMILES string of the molecule is CCCCCCCCCCCCCCCCCCCCCCCCCCC/C=C/C(O)C(COP(=O)(O)OCC[N+](C)(C)C)NC(=O)CCCCCCCCCCCCCCCCCCCCCCCCCCCCCCCCCCCCCCCCC. The molecule has 8 nitrogen and oxygen atoms in total. The number of carbonyl (C=O) groups is 1. The van der Waals surface area contributed by atoms with Gasteiger partial charge in [0.25, 0.3) is 0 Å². The van der Waals surface area contributed by atoms with Gasteiger partial charge >= 0.3 is 7.82 Å². The van der Waals surface area contributed by atoms with Gasteiger partial charge in [0.1, 0.15) is 13.2 Å². The van der Waals surface area contributed by atoms with E-state index in [2.05, 4.69) is 19.2 Å². The van der Waals surface area contributed by atoms with Crippen LogP contribution in [0.15, 0.2) is 12.2 Å². The lowest BCUT2D eigenvalue weighted by Gasteiger charge is -2.25. The highest BCUT2D eigenvalue weighted by Gasteiger charge is 2.28. The molecule has 0 heterocycles. The summed E-state index contributed by atoms with van der Waals surface area (Å²) in [5.41, 5.74) is 0. The topological polar surface area (TPSA) is 105 Å². The Hall–Kier alpha value is -0.760. The smallest absolute Gasteiger partial charge is 0.387 e. The van der Waals surface area contributed by atoms with Crippen molar-refractivity contribution >= 4 is 13.7 Å². The minimum Gasteiger partial charge on any atom is -0.387 e. The van der Waals surface area contributed by atoms with Crippen molar-refractivity contribution in [2.24, 2.45) is 0 Å². The van der Waals surface area contributed by atoms with Crippen LogP contribution in [-0.2, 0) is 18.4 Å². The number of allylic oxidation sites excluding steroid dienone is 1. The zero-order valence-electron chi connectivity index (χ0n) is 60.5. The van der Waals surface area contributed by atoms with Crippen molar-refractivity contribution in [2.75, 3.05) is 40.9 Å². The maximum absolute atomic E-state index is 13.1. The largest absolute Gasteiger partial charge is 0.472 e. The molecule has 0 aromatic heterocycles. The first-order valence-electron chi connectivity index (χ1n) is 40.1. The van der Waals surface area contributed by atoms with Gasteiger partial charge in [-0.15, -0.1) is 0 Å². The van der Waals surface area contributed by atoms with Gasteiger partial charge in [-0.3, -0.25) is 13.8 Å². The second-order valence-corrected chi connectivity index (χ2v) is 30.6. The quantitative estimate of drug-likeness (QED) is 0.0243. The van der Waals surface area contributed by atoms with Gasteiger partial charge in [-0.2, -0.15) is 0 Å². The van der Waals surface area contributed by atoms with E-state index in [1.165, 1.54) is 385 Å². The van der Waals surface area contributed by atoms with Gasteiger partial charge < -0.3 is 19.8 Å². The summed E-state index contributed by atoms with van der Waals surface area (Å²) in [6.45, 7) is 4.90. The third-order valence-electron chi connectivity index (χ3n) is 19.0. The molecule has 9 heteroatoms. The number of quaternary nitrogens is 1. The van der Waals surface area contributed by atoms with Crippen LogP contribution in [0.1, 0.15) is 438 Å². The maximum Gasteiger partial charge on any atom is 0.472 e. The van der Waals surface area contributed by atoms with Crippen molar-refractivity contribution in [1.29, 1.82) is 0 Å². The number of nitrogens with one attached hydrogen (secondary N) is 1. The molecular weight excluding hydrogens is 1100 g/mol. The Morgan fingerprint density at radius 3 is 0.841 bits per heavy atom. The van der Waals surface area contributed by atoms with Crippen LogP contribution in [0.5, 0.6) is 0 Å². The minimum absolute atomic E-state index is 0.0656. The molecule has 0 aliphatic rings.